The zero-order valence-electron chi connectivity index (χ0n) is 9.82. The highest BCUT2D eigenvalue weighted by Crippen LogP contribution is 2.06. The van der Waals surface area contributed by atoms with E-state index in [4.69, 9.17) is 0 Å². The third kappa shape index (κ3) is 4.61. The Balaban J connectivity index is 2.55. The SMILES string of the molecule is C=C(/C=C\C(=C)CC)/C=C/c1ccccc1. The number of benzene rings is 1. The van der Waals surface area contributed by atoms with Crippen molar-refractivity contribution in [2.75, 3.05) is 0 Å². The van der Waals surface area contributed by atoms with E-state index in [2.05, 4.69) is 38.3 Å². The van der Waals surface area contributed by atoms with E-state index in [-0.39, 0.29) is 0 Å². The van der Waals surface area contributed by atoms with E-state index < -0.39 is 0 Å². The lowest BCUT2D eigenvalue weighted by Crippen LogP contribution is -1.73. The van der Waals surface area contributed by atoms with Crippen molar-refractivity contribution in [3.63, 3.8) is 0 Å². The topological polar surface area (TPSA) is 0 Å². The predicted octanol–water partition coefficient (Wildman–Crippen LogP) is 4.78. The van der Waals surface area contributed by atoms with Crippen molar-refractivity contribution in [3.05, 3.63) is 78.4 Å². The molecule has 0 bridgehead atoms. The first-order valence-electron chi connectivity index (χ1n) is 5.50. The zero-order chi connectivity index (χ0) is 11.8. The molecule has 0 saturated heterocycles. The molecular weight excluding hydrogens is 192 g/mol. The van der Waals surface area contributed by atoms with Crippen LogP contribution in [0.15, 0.2) is 72.9 Å². The summed E-state index contributed by atoms with van der Waals surface area (Å²) < 4.78 is 0. The van der Waals surface area contributed by atoms with Gasteiger partial charge in [-0.15, -0.1) is 0 Å². The predicted molar refractivity (Wildman–Crippen MR) is 73.2 cm³/mol. The number of rotatable bonds is 5. The van der Waals surface area contributed by atoms with Crippen LogP contribution in [0.3, 0.4) is 0 Å². The van der Waals surface area contributed by atoms with E-state index in [1.165, 1.54) is 5.56 Å². The molecule has 0 spiro atoms. The van der Waals surface area contributed by atoms with E-state index in [0.717, 1.165) is 17.6 Å². The summed E-state index contributed by atoms with van der Waals surface area (Å²) >= 11 is 0. The molecule has 1 aromatic rings. The Kier molecular flexibility index (Phi) is 5.07. The second-order valence-electron chi connectivity index (χ2n) is 3.66. The van der Waals surface area contributed by atoms with E-state index in [1.54, 1.807) is 0 Å². The maximum atomic E-state index is 3.96. The fourth-order valence-electron chi connectivity index (χ4n) is 1.17. The van der Waals surface area contributed by atoms with Gasteiger partial charge in [0, 0.05) is 0 Å². The highest BCUT2D eigenvalue weighted by molar-refractivity contribution is 5.54. The molecule has 0 unspecified atom stereocenters. The summed E-state index contributed by atoms with van der Waals surface area (Å²) in [7, 11) is 0. The summed E-state index contributed by atoms with van der Waals surface area (Å²) in [5, 5.41) is 0. The highest BCUT2D eigenvalue weighted by atomic mass is 13.9. The smallest absolute Gasteiger partial charge is 0.0256 e. The van der Waals surface area contributed by atoms with E-state index >= 15 is 0 Å². The van der Waals surface area contributed by atoms with Crippen LogP contribution in [0.2, 0.25) is 0 Å². The molecule has 0 nitrogen and oxygen atoms in total. The van der Waals surface area contributed by atoms with Gasteiger partial charge in [0.15, 0.2) is 0 Å². The molecule has 0 aliphatic rings. The lowest BCUT2D eigenvalue weighted by Gasteiger charge is -1.94. The van der Waals surface area contributed by atoms with Gasteiger partial charge < -0.3 is 0 Å². The maximum Gasteiger partial charge on any atom is -0.0256 e. The first kappa shape index (κ1) is 12.3. The van der Waals surface area contributed by atoms with E-state index in [9.17, 15) is 0 Å². The Morgan fingerprint density at radius 3 is 2.38 bits per heavy atom. The van der Waals surface area contributed by atoms with Crippen molar-refractivity contribution >= 4 is 6.08 Å². The summed E-state index contributed by atoms with van der Waals surface area (Å²) in [6.07, 6.45) is 9.05. The molecule has 0 aliphatic carbocycles. The van der Waals surface area contributed by atoms with Crippen molar-refractivity contribution in [1.82, 2.24) is 0 Å². The van der Waals surface area contributed by atoms with Crippen LogP contribution in [0.5, 0.6) is 0 Å². The number of allylic oxidation sites excluding steroid dienone is 5. The van der Waals surface area contributed by atoms with Crippen LogP contribution in [0.25, 0.3) is 6.08 Å². The molecule has 1 aromatic carbocycles. The van der Waals surface area contributed by atoms with Gasteiger partial charge in [0.1, 0.15) is 0 Å². The molecule has 0 N–H and O–H groups in total. The highest BCUT2D eigenvalue weighted by Gasteiger charge is 1.85. The van der Waals surface area contributed by atoms with Crippen LogP contribution in [-0.4, -0.2) is 0 Å². The molecular formula is C16H18. The standard InChI is InChI=1S/C16H18/c1-4-14(2)10-11-15(3)12-13-16-8-6-5-7-9-16/h5-13H,2-4H2,1H3/b11-10-,13-12+. The molecule has 0 amide bonds. The van der Waals surface area contributed by atoms with Gasteiger partial charge >= 0.3 is 0 Å². The minimum absolute atomic E-state index is 0.978. The zero-order valence-corrected chi connectivity index (χ0v) is 9.82. The van der Waals surface area contributed by atoms with Crippen LogP contribution in [0.4, 0.5) is 0 Å². The van der Waals surface area contributed by atoms with Gasteiger partial charge in [-0.2, -0.15) is 0 Å². The van der Waals surface area contributed by atoms with Crippen molar-refractivity contribution in [2.24, 2.45) is 0 Å². The van der Waals surface area contributed by atoms with Crippen LogP contribution in [0, 0.1) is 0 Å². The van der Waals surface area contributed by atoms with E-state index in [1.807, 2.05) is 36.4 Å². The molecule has 0 radical (unpaired) electrons. The molecule has 0 fully saturated rings. The minimum atomic E-state index is 0.978. The molecule has 0 aromatic heterocycles. The van der Waals surface area contributed by atoms with Gasteiger partial charge in [-0.25, -0.2) is 0 Å². The fourth-order valence-corrected chi connectivity index (χ4v) is 1.17. The molecule has 0 heteroatoms. The van der Waals surface area contributed by atoms with Crippen LogP contribution >= 0.6 is 0 Å². The lowest BCUT2D eigenvalue weighted by atomic mass is 10.1. The van der Waals surface area contributed by atoms with Crippen molar-refractivity contribution in [3.8, 4) is 0 Å². The summed E-state index contributed by atoms with van der Waals surface area (Å²) in [6, 6.07) is 10.2. The summed E-state index contributed by atoms with van der Waals surface area (Å²) in [6.45, 7) is 9.97. The molecule has 82 valence electrons. The molecule has 1 rings (SSSR count). The van der Waals surface area contributed by atoms with Crippen LogP contribution in [-0.2, 0) is 0 Å². The van der Waals surface area contributed by atoms with Gasteiger partial charge in [-0.3, -0.25) is 0 Å². The Hall–Kier alpha value is -1.82. The Morgan fingerprint density at radius 1 is 1.06 bits per heavy atom. The van der Waals surface area contributed by atoms with Gasteiger partial charge in [0.2, 0.25) is 0 Å². The Morgan fingerprint density at radius 2 is 1.75 bits per heavy atom. The molecule has 0 saturated carbocycles. The summed E-state index contributed by atoms with van der Waals surface area (Å²) in [5.74, 6) is 0. The summed E-state index contributed by atoms with van der Waals surface area (Å²) in [4.78, 5) is 0. The lowest BCUT2D eigenvalue weighted by molar-refractivity contribution is 1.16. The van der Waals surface area contributed by atoms with Crippen molar-refractivity contribution in [2.45, 2.75) is 13.3 Å². The normalized spacial score (nSPS) is 11.1. The van der Waals surface area contributed by atoms with Crippen LogP contribution < -0.4 is 0 Å². The van der Waals surface area contributed by atoms with Gasteiger partial charge in [0.25, 0.3) is 0 Å². The second-order valence-corrected chi connectivity index (χ2v) is 3.66. The van der Waals surface area contributed by atoms with Gasteiger partial charge in [0.05, 0.1) is 0 Å². The average Bonchev–Trinajstić information content (AvgIpc) is 2.34. The molecule has 0 heterocycles. The third-order valence-electron chi connectivity index (χ3n) is 2.28. The first-order valence-corrected chi connectivity index (χ1v) is 5.50. The monoisotopic (exact) mass is 210 g/mol. The molecule has 0 atom stereocenters. The number of hydrogen-bond acceptors (Lipinski definition) is 0. The molecule has 0 aliphatic heterocycles. The minimum Gasteiger partial charge on any atom is -0.0958 e. The maximum absolute atomic E-state index is 3.96. The fraction of sp³-hybridized carbons (Fsp3) is 0.125. The first-order chi connectivity index (χ1) is 7.72. The molecule has 16 heavy (non-hydrogen) atoms. The van der Waals surface area contributed by atoms with Gasteiger partial charge in [-0.05, 0) is 17.6 Å². The van der Waals surface area contributed by atoms with Crippen LogP contribution in [0.1, 0.15) is 18.9 Å². The quantitative estimate of drug-likeness (QED) is 0.614. The van der Waals surface area contributed by atoms with E-state index in [0.29, 0.717) is 0 Å². The number of hydrogen-bond donors (Lipinski definition) is 0. The van der Waals surface area contributed by atoms with Crippen molar-refractivity contribution < 1.29 is 0 Å². The Bertz CT molecular complexity index is 405. The second kappa shape index (κ2) is 6.62. The van der Waals surface area contributed by atoms with Crippen molar-refractivity contribution in [1.29, 1.82) is 0 Å². The average molecular weight is 210 g/mol. The third-order valence-corrected chi connectivity index (χ3v) is 2.28. The summed E-state index contributed by atoms with van der Waals surface area (Å²) in [5.41, 5.74) is 3.29. The Labute approximate surface area is 98.3 Å². The van der Waals surface area contributed by atoms with Gasteiger partial charge in [-0.1, -0.05) is 80.3 Å². The largest absolute Gasteiger partial charge is 0.0958 e.